The number of nitrogens with zero attached hydrogens (tertiary/aromatic N) is 1. The summed E-state index contributed by atoms with van der Waals surface area (Å²) in [5.74, 6) is 0.232. The molecule has 15 heavy (non-hydrogen) atoms. The highest BCUT2D eigenvalue weighted by molar-refractivity contribution is 5.73. The average Bonchev–Trinajstić information content (AvgIpc) is 2.84. The molecule has 0 amide bonds. The van der Waals surface area contributed by atoms with Crippen LogP contribution >= 0.6 is 0 Å². The van der Waals surface area contributed by atoms with Crippen molar-refractivity contribution in [3.05, 3.63) is 0 Å². The van der Waals surface area contributed by atoms with Gasteiger partial charge in [-0.1, -0.05) is 13.8 Å². The van der Waals surface area contributed by atoms with Gasteiger partial charge in [-0.05, 0) is 38.5 Å². The number of carboxylic acids is 1. The smallest absolute Gasteiger partial charge is 0.321 e. The fourth-order valence-electron chi connectivity index (χ4n) is 2.05. The zero-order valence-corrected chi connectivity index (χ0v) is 10.2. The number of hydrogen-bond donors (Lipinski definition) is 1. The lowest BCUT2D eigenvalue weighted by atomic mass is 10.0. The second kappa shape index (κ2) is 4.97. The summed E-state index contributed by atoms with van der Waals surface area (Å²) in [6.07, 6.45) is 2.54. The summed E-state index contributed by atoms with van der Waals surface area (Å²) in [5.41, 5.74) is 0. The molecule has 3 nitrogen and oxygen atoms in total. The Morgan fingerprint density at radius 1 is 1.33 bits per heavy atom. The summed E-state index contributed by atoms with van der Waals surface area (Å²) in [6.45, 7) is 9.09. The average molecular weight is 213 g/mol. The molecule has 0 saturated heterocycles. The number of rotatable bonds is 6. The van der Waals surface area contributed by atoms with E-state index in [9.17, 15) is 9.90 Å². The van der Waals surface area contributed by atoms with Crippen LogP contribution in [0.3, 0.4) is 0 Å². The maximum atomic E-state index is 11.2. The van der Waals surface area contributed by atoms with E-state index in [1.165, 1.54) is 12.8 Å². The minimum absolute atomic E-state index is 0.170. The van der Waals surface area contributed by atoms with E-state index in [2.05, 4.69) is 18.7 Å². The van der Waals surface area contributed by atoms with Gasteiger partial charge in [0.1, 0.15) is 6.04 Å². The summed E-state index contributed by atoms with van der Waals surface area (Å²) in [4.78, 5) is 13.4. The lowest BCUT2D eigenvalue weighted by Crippen LogP contribution is -2.49. The zero-order chi connectivity index (χ0) is 11.6. The van der Waals surface area contributed by atoms with Crippen molar-refractivity contribution in [3.8, 4) is 0 Å². The van der Waals surface area contributed by atoms with Crippen molar-refractivity contribution in [2.75, 3.05) is 6.54 Å². The molecule has 0 bridgehead atoms. The Labute approximate surface area is 92.5 Å². The highest BCUT2D eigenvalue weighted by Gasteiger charge is 2.34. The van der Waals surface area contributed by atoms with Crippen molar-refractivity contribution in [1.82, 2.24) is 4.90 Å². The first-order valence-electron chi connectivity index (χ1n) is 5.92. The normalized spacial score (nSPS) is 18.9. The summed E-state index contributed by atoms with van der Waals surface area (Å²) >= 11 is 0. The van der Waals surface area contributed by atoms with Crippen molar-refractivity contribution in [3.63, 3.8) is 0 Å². The summed E-state index contributed by atoms with van der Waals surface area (Å²) in [6, 6.07) is -0.0142. The molecule has 0 aromatic rings. The van der Waals surface area contributed by atoms with E-state index >= 15 is 0 Å². The SMILES string of the molecule is CC(C)C(C(=O)O)N(CC1CC1)C(C)C. The summed E-state index contributed by atoms with van der Waals surface area (Å²) in [5, 5.41) is 9.25. The quantitative estimate of drug-likeness (QED) is 0.735. The van der Waals surface area contributed by atoms with Crippen molar-refractivity contribution in [2.24, 2.45) is 11.8 Å². The molecular formula is C12H23NO2. The van der Waals surface area contributed by atoms with E-state index in [-0.39, 0.29) is 12.0 Å². The third kappa shape index (κ3) is 3.49. The zero-order valence-electron chi connectivity index (χ0n) is 10.2. The van der Waals surface area contributed by atoms with Gasteiger partial charge in [0.05, 0.1) is 0 Å². The van der Waals surface area contributed by atoms with Crippen molar-refractivity contribution in [2.45, 2.75) is 52.6 Å². The largest absolute Gasteiger partial charge is 0.480 e. The molecular weight excluding hydrogens is 190 g/mol. The van der Waals surface area contributed by atoms with Gasteiger partial charge in [0, 0.05) is 12.6 Å². The predicted molar refractivity (Wildman–Crippen MR) is 60.8 cm³/mol. The lowest BCUT2D eigenvalue weighted by Gasteiger charge is -2.34. The van der Waals surface area contributed by atoms with Crippen LogP contribution in [-0.4, -0.2) is 34.6 Å². The Morgan fingerprint density at radius 2 is 1.87 bits per heavy atom. The van der Waals surface area contributed by atoms with E-state index < -0.39 is 5.97 Å². The maximum absolute atomic E-state index is 11.2. The van der Waals surface area contributed by atoms with Gasteiger partial charge in [0.25, 0.3) is 0 Å². The van der Waals surface area contributed by atoms with Gasteiger partial charge in [-0.15, -0.1) is 0 Å². The van der Waals surface area contributed by atoms with E-state index in [0.29, 0.717) is 6.04 Å². The molecule has 1 unspecified atom stereocenters. The van der Waals surface area contributed by atoms with Crippen molar-refractivity contribution >= 4 is 5.97 Å². The van der Waals surface area contributed by atoms with Crippen molar-refractivity contribution < 1.29 is 9.90 Å². The van der Waals surface area contributed by atoms with Crippen LogP contribution in [0, 0.1) is 11.8 Å². The third-order valence-corrected chi connectivity index (χ3v) is 3.07. The molecule has 0 aromatic carbocycles. The van der Waals surface area contributed by atoms with Crippen LogP contribution in [0.5, 0.6) is 0 Å². The monoisotopic (exact) mass is 213 g/mol. The number of carbonyl (C=O) groups is 1. The Balaban J connectivity index is 2.68. The molecule has 1 aliphatic carbocycles. The van der Waals surface area contributed by atoms with Crippen molar-refractivity contribution in [1.29, 1.82) is 0 Å². The number of hydrogen-bond acceptors (Lipinski definition) is 2. The Morgan fingerprint density at radius 3 is 2.13 bits per heavy atom. The van der Waals surface area contributed by atoms with Crippen LogP contribution in [0.4, 0.5) is 0 Å². The predicted octanol–water partition coefficient (Wildman–Crippen LogP) is 2.22. The van der Waals surface area contributed by atoms with Gasteiger partial charge in [0.15, 0.2) is 0 Å². The first-order chi connectivity index (χ1) is 6.93. The molecule has 1 fully saturated rings. The van der Waals surface area contributed by atoms with E-state index in [4.69, 9.17) is 0 Å². The number of carboxylic acid groups (broad SMARTS) is 1. The van der Waals surface area contributed by atoms with Gasteiger partial charge in [0.2, 0.25) is 0 Å². The fraction of sp³-hybridized carbons (Fsp3) is 0.917. The molecule has 1 N–H and O–H groups in total. The van der Waals surface area contributed by atoms with Crippen LogP contribution in [0.1, 0.15) is 40.5 Å². The number of aliphatic carboxylic acids is 1. The first-order valence-corrected chi connectivity index (χ1v) is 5.92. The minimum atomic E-state index is -0.681. The second-order valence-corrected chi connectivity index (χ2v) is 5.26. The molecule has 0 aromatic heterocycles. The van der Waals surface area contributed by atoms with Crippen LogP contribution in [0.2, 0.25) is 0 Å². The topological polar surface area (TPSA) is 40.5 Å². The molecule has 0 aliphatic heterocycles. The van der Waals surface area contributed by atoms with Gasteiger partial charge in [-0.25, -0.2) is 0 Å². The van der Waals surface area contributed by atoms with Crippen LogP contribution in [0.15, 0.2) is 0 Å². The summed E-state index contributed by atoms with van der Waals surface area (Å²) in [7, 11) is 0. The molecule has 88 valence electrons. The standard InChI is InChI=1S/C12H23NO2/c1-8(2)11(12(14)15)13(9(3)4)7-10-5-6-10/h8-11H,5-7H2,1-4H3,(H,14,15). The van der Waals surface area contributed by atoms with Gasteiger partial charge >= 0.3 is 5.97 Å². The second-order valence-electron chi connectivity index (χ2n) is 5.26. The van der Waals surface area contributed by atoms with E-state index in [0.717, 1.165) is 12.5 Å². The van der Waals surface area contributed by atoms with E-state index in [1.807, 2.05) is 13.8 Å². The summed E-state index contributed by atoms with van der Waals surface area (Å²) < 4.78 is 0. The molecule has 1 atom stereocenters. The molecule has 0 heterocycles. The van der Waals surface area contributed by atoms with Crippen LogP contribution in [0.25, 0.3) is 0 Å². The van der Waals surface area contributed by atoms with Gasteiger partial charge in [-0.3, -0.25) is 9.69 Å². The van der Waals surface area contributed by atoms with Crippen LogP contribution < -0.4 is 0 Å². The highest BCUT2D eigenvalue weighted by Crippen LogP contribution is 2.31. The molecule has 1 saturated carbocycles. The highest BCUT2D eigenvalue weighted by atomic mass is 16.4. The lowest BCUT2D eigenvalue weighted by molar-refractivity contribution is -0.146. The third-order valence-electron chi connectivity index (χ3n) is 3.07. The molecule has 1 aliphatic rings. The van der Waals surface area contributed by atoms with Crippen LogP contribution in [-0.2, 0) is 4.79 Å². The van der Waals surface area contributed by atoms with Gasteiger partial charge in [-0.2, -0.15) is 0 Å². The Hall–Kier alpha value is -0.570. The fourth-order valence-corrected chi connectivity index (χ4v) is 2.05. The maximum Gasteiger partial charge on any atom is 0.321 e. The molecule has 0 radical (unpaired) electrons. The Bertz CT molecular complexity index is 222. The first kappa shape index (κ1) is 12.5. The van der Waals surface area contributed by atoms with E-state index in [1.54, 1.807) is 0 Å². The Kier molecular flexibility index (Phi) is 4.14. The van der Waals surface area contributed by atoms with Gasteiger partial charge < -0.3 is 5.11 Å². The molecule has 1 rings (SSSR count). The molecule has 0 spiro atoms. The minimum Gasteiger partial charge on any atom is -0.480 e. The molecule has 3 heteroatoms.